The molecule has 0 aromatic heterocycles. The molecule has 230 valence electrons. The van der Waals surface area contributed by atoms with E-state index in [1.807, 2.05) is 51.1 Å². The van der Waals surface area contributed by atoms with E-state index in [4.69, 9.17) is 4.74 Å². The number of benzene rings is 3. The first-order valence-corrected chi connectivity index (χ1v) is 17.1. The van der Waals surface area contributed by atoms with Gasteiger partial charge in [0.2, 0.25) is 5.91 Å². The molecule has 1 heterocycles. The zero-order valence-corrected chi connectivity index (χ0v) is 26.5. The third-order valence-electron chi connectivity index (χ3n) is 8.20. The Morgan fingerprint density at radius 2 is 1.47 bits per heavy atom. The molecule has 1 fully saturated rings. The van der Waals surface area contributed by atoms with E-state index in [0.29, 0.717) is 12.0 Å². The van der Waals surface area contributed by atoms with Gasteiger partial charge in [0.1, 0.15) is 0 Å². The van der Waals surface area contributed by atoms with Crippen molar-refractivity contribution in [1.29, 1.82) is 0 Å². The second-order valence-electron chi connectivity index (χ2n) is 11.8. The summed E-state index contributed by atoms with van der Waals surface area (Å²) in [6.45, 7) is 8.42. The van der Waals surface area contributed by atoms with Crippen molar-refractivity contribution in [2.24, 2.45) is 0 Å². The Kier molecular flexibility index (Phi) is 11.2. The Morgan fingerprint density at radius 1 is 0.884 bits per heavy atom. The van der Waals surface area contributed by atoms with E-state index in [1.165, 1.54) is 17.4 Å². The quantitative estimate of drug-likeness (QED) is 0.257. The zero-order chi connectivity index (χ0) is 31.0. The second-order valence-corrected chi connectivity index (χ2v) is 13.8. The molecule has 2 unspecified atom stereocenters. The first kappa shape index (κ1) is 32.4. The number of carbonyl (C=O) groups excluding carboxylic acids is 2. The van der Waals surface area contributed by atoms with E-state index in [-0.39, 0.29) is 40.8 Å². The van der Waals surface area contributed by atoms with E-state index < -0.39 is 9.84 Å². The molecule has 0 saturated carbocycles. The number of hydrogen-bond acceptors (Lipinski definition) is 6. The fourth-order valence-corrected chi connectivity index (χ4v) is 6.41. The molecular weight excluding hydrogens is 560 g/mol. The normalized spacial score (nSPS) is 16.0. The number of amides is 1. The predicted octanol–water partition coefficient (Wildman–Crippen LogP) is 5.95. The number of likely N-dealkylation sites (tertiary alicyclic amines) is 1. The number of nitrogens with zero attached hydrogens (tertiary/aromatic N) is 1. The standard InChI is InChI=1S/C35H44N2O5S/c1-5-32(27-15-17-31(18-16-27)43(4,40)41)34(38)36-30-19-22-37(23-20-30)24-21-33(26-9-7-6-8-10-26)28-11-13-29(14-12-28)35(39)42-25(2)3/h6-18,25,30,32-33H,5,19-24H2,1-4H3,(H,36,38). The monoisotopic (exact) mass is 604 g/mol. The van der Waals surface area contributed by atoms with Crippen molar-refractivity contribution in [3.05, 3.63) is 101 Å². The van der Waals surface area contributed by atoms with Crippen LogP contribution < -0.4 is 5.32 Å². The molecule has 1 aliphatic heterocycles. The highest BCUT2D eigenvalue weighted by molar-refractivity contribution is 7.90. The van der Waals surface area contributed by atoms with E-state index >= 15 is 0 Å². The summed E-state index contributed by atoms with van der Waals surface area (Å²) in [6, 6.07) is 25.0. The fourth-order valence-electron chi connectivity index (χ4n) is 5.78. The van der Waals surface area contributed by atoms with Gasteiger partial charge in [-0.25, -0.2) is 13.2 Å². The van der Waals surface area contributed by atoms with Crippen molar-refractivity contribution in [2.45, 2.75) is 75.3 Å². The summed E-state index contributed by atoms with van der Waals surface area (Å²) < 4.78 is 28.9. The van der Waals surface area contributed by atoms with Crippen LogP contribution in [0.25, 0.3) is 0 Å². The maximum absolute atomic E-state index is 13.2. The van der Waals surface area contributed by atoms with E-state index in [0.717, 1.165) is 44.5 Å². The first-order chi connectivity index (χ1) is 20.5. The summed E-state index contributed by atoms with van der Waals surface area (Å²) in [5.74, 6) is -0.411. The fraction of sp³-hybridized carbons (Fsp3) is 0.429. The number of esters is 1. The van der Waals surface area contributed by atoms with Crippen molar-refractivity contribution in [1.82, 2.24) is 10.2 Å². The molecule has 1 amide bonds. The van der Waals surface area contributed by atoms with E-state index in [1.54, 1.807) is 24.3 Å². The van der Waals surface area contributed by atoms with Crippen molar-refractivity contribution in [3.8, 4) is 0 Å². The first-order valence-electron chi connectivity index (χ1n) is 15.2. The lowest BCUT2D eigenvalue weighted by Gasteiger charge is -2.34. The smallest absolute Gasteiger partial charge is 0.338 e. The number of rotatable bonds is 12. The molecule has 4 rings (SSSR count). The minimum atomic E-state index is -3.27. The Hall–Kier alpha value is -3.49. The molecule has 3 aromatic rings. The van der Waals surface area contributed by atoms with Crippen LogP contribution in [0.15, 0.2) is 83.8 Å². The molecule has 0 aliphatic carbocycles. The summed E-state index contributed by atoms with van der Waals surface area (Å²) in [7, 11) is -3.27. The molecular formula is C35H44N2O5S. The van der Waals surface area contributed by atoms with Gasteiger partial charge in [-0.2, -0.15) is 0 Å². The van der Waals surface area contributed by atoms with Gasteiger partial charge in [-0.15, -0.1) is 0 Å². The number of nitrogens with one attached hydrogen (secondary N) is 1. The third-order valence-corrected chi connectivity index (χ3v) is 9.33. The number of sulfone groups is 1. The Morgan fingerprint density at radius 3 is 2.02 bits per heavy atom. The van der Waals surface area contributed by atoms with Crippen LogP contribution in [-0.2, 0) is 19.4 Å². The maximum atomic E-state index is 13.2. The highest BCUT2D eigenvalue weighted by atomic mass is 32.2. The zero-order valence-electron chi connectivity index (χ0n) is 25.7. The maximum Gasteiger partial charge on any atom is 0.338 e. The summed E-state index contributed by atoms with van der Waals surface area (Å²) in [4.78, 5) is 28.2. The molecule has 2 atom stereocenters. The van der Waals surface area contributed by atoms with Crippen molar-refractivity contribution >= 4 is 21.7 Å². The summed E-state index contributed by atoms with van der Waals surface area (Å²) in [5, 5.41) is 3.25. The number of piperidine rings is 1. The highest BCUT2D eigenvalue weighted by Gasteiger charge is 2.26. The number of hydrogen-bond donors (Lipinski definition) is 1. The minimum Gasteiger partial charge on any atom is -0.459 e. The molecule has 0 bridgehead atoms. The molecule has 1 N–H and O–H groups in total. The number of ether oxygens (including phenoxy) is 1. The van der Waals surface area contributed by atoms with Gasteiger partial charge in [0.05, 0.1) is 22.5 Å². The molecule has 8 heteroatoms. The summed E-state index contributed by atoms with van der Waals surface area (Å²) in [5.41, 5.74) is 3.81. The topological polar surface area (TPSA) is 92.8 Å². The molecule has 43 heavy (non-hydrogen) atoms. The third kappa shape index (κ3) is 9.00. The molecule has 1 saturated heterocycles. The van der Waals surface area contributed by atoms with Crippen LogP contribution in [0.4, 0.5) is 0 Å². The lowest BCUT2D eigenvalue weighted by molar-refractivity contribution is -0.123. The Bertz CT molecular complexity index is 1450. The second kappa shape index (κ2) is 14.8. The molecule has 3 aromatic carbocycles. The van der Waals surface area contributed by atoms with Crippen molar-refractivity contribution in [2.75, 3.05) is 25.9 Å². The van der Waals surface area contributed by atoms with E-state index in [9.17, 15) is 18.0 Å². The van der Waals surface area contributed by atoms with Gasteiger partial charge in [0.25, 0.3) is 0 Å². The van der Waals surface area contributed by atoms with Crippen LogP contribution in [0, 0.1) is 0 Å². The molecule has 1 aliphatic rings. The Labute approximate surface area is 256 Å². The van der Waals surface area contributed by atoms with Gasteiger partial charge in [0, 0.05) is 31.3 Å². The lowest BCUT2D eigenvalue weighted by Crippen LogP contribution is -2.46. The highest BCUT2D eigenvalue weighted by Crippen LogP contribution is 2.29. The average Bonchev–Trinajstić information content (AvgIpc) is 2.99. The van der Waals surface area contributed by atoms with Crippen molar-refractivity contribution < 1.29 is 22.7 Å². The van der Waals surface area contributed by atoms with Crippen LogP contribution in [0.5, 0.6) is 0 Å². The van der Waals surface area contributed by atoms with Gasteiger partial charge < -0.3 is 15.0 Å². The molecule has 0 spiro atoms. The average molecular weight is 605 g/mol. The summed E-state index contributed by atoms with van der Waals surface area (Å²) >= 11 is 0. The van der Waals surface area contributed by atoms with Gasteiger partial charge >= 0.3 is 5.97 Å². The summed E-state index contributed by atoms with van der Waals surface area (Å²) in [6.07, 6.45) is 4.39. The minimum absolute atomic E-state index is 0.00193. The Balaban J connectivity index is 1.33. The lowest BCUT2D eigenvalue weighted by atomic mass is 9.87. The predicted molar refractivity (Wildman–Crippen MR) is 170 cm³/mol. The SMILES string of the molecule is CCC(C(=O)NC1CCN(CCC(c2ccccc2)c2ccc(C(=O)OC(C)C)cc2)CC1)c1ccc(S(C)(=O)=O)cc1. The van der Waals surface area contributed by atoms with Crippen LogP contribution in [0.2, 0.25) is 0 Å². The van der Waals surface area contributed by atoms with E-state index in [2.05, 4.69) is 34.5 Å². The largest absolute Gasteiger partial charge is 0.459 e. The van der Waals surface area contributed by atoms with Gasteiger partial charge in [-0.1, -0.05) is 61.5 Å². The van der Waals surface area contributed by atoms with Crippen LogP contribution >= 0.6 is 0 Å². The van der Waals surface area contributed by atoms with Gasteiger partial charge in [-0.3, -0.25) is 4.79 Å². The van der Waals surface area contributed by atoms with Crippen LogP contribution in [0.1, 0.15) is 85.3 Å². The van der Waals surface area contributed by atoms with Crippen LogP contribution in [0.3, 0.4) is 0 Å². The number of carbonyl (C=O) groups is 2. The molecule has 7 nitrogen and oxygen atoms in total. The molecule has 0 radical (unpaired) electrons. The van der Waals surface area contributed by atoms with Gasteiger partial charge in [-0.05, 0) is 87.0 Å². The van der Waals surface area contributed by atoms with Crippen molar-refractivity contribution in [3.63, 3.8) is 0 Å². The van der Waals surface area contributed by atoms with Crippen LogP contribution in [-0.4, -0.2) is 63.2 Å². The van der Waals surface area contributed by atoms with Gasteiger partial charge in [0.15, 0.2) is 9.84 Å².